The molecule has 3 nitrogen and oxygen atoms in total. The lowest BCUT2D eigenvalue weighted by Crippen LogP contribution is -2.10. The lowest BCUT2D eigenvalue weighted by Gasteiger charge is -2.09. The third kappa shape index (κ3) is 2.92. The first-order valence-electron chi connectivity index (χ1n) is 6.22. The quantitative estimate of drug-likeness (QED) is 0.901. The number of nitrogens with two attached hydrogens (primary N) is 1. The summed E-state index contributed by atoms with van der Waals surface area (Å²) >= 11 is 6.00. The predicted molar refractivity (Wildman–Crippen MR) is 74.9 cm³/mol. The summed E-state index contributed by atoms with van der Waals surface area (Å²) in [6, 6.07) is 7.91. The number of rotatable bonds is 5. The van der Waals surface area contributed by atoms with Gasteiger partial charge in [0.05, 0.1) is 0 Å². The summed E-state index contributed by atoms with van der Waals surface area (Å²) in [4.78, 5) is 4.49. The second-order valence-electron chi connectivity index (χ2n) is 4.26. The minimum atomic E-state index is 0.655. The Morgan fingerprint density at radius 3 is 2.89 bits per heavy atom. The van der Waals surface area contributed by atoms with Crippen LogP contribution in [0.3, 0.4) is 0 Å². The molecular weight excluding hydrogens is 246 g/mol. The van der Waals surface area contributed by atoms with E-state index in [0.29, 0.717) is 6.54 Å². The van der Waals surface area contributed by atoms with Crippen molar-refractivity contribution in [3.8, 4) is 0 Å². The fraction of sp³-hybridized carbons (Fsp3) is 0.357. The molecule has 1 heterocycles. The second-order valence-corrected chi connectivity index (χ2v) is 4.69. The van der Waals surface area contributed by atoms with Gasteiger partial charge in [0.25, 0.3) is 0 Å². The van der Waals surface area contributed by atoms with Gasteiger partial charge in [-0.05, 0) is 31.2 Å². The van der Waals surface area contributed by atoms with Crippen LogP contribution in [-0.2, 0) is 19.4 Å². The van der Waals surface area contributed by atoms with Crippen molar-refractivity contribution in [3.05, 3.63) is 52.6 Å². The normalized spacial score (nSPS) is 10.8. The van der Waals surface area contributed by atoms with Crippen molar-refractivity contribution in [3.63, 3.8) is 0 Å². The summed E-state index contributed by atoms with van der Waals surface area (Å²) in [5.74, 6) is 1.07. The Morgan fingerprint density at radius 2 is 2.22 bits per heavy atom. The number of imidazole rings is 1. The molecular formula is C14H18ClN3. The van der Waals surface area contributed by atoms with E-state index in [9.17, 15) is 0 Å². The number of halogens is 1. The minimum absolute atomic E-state index is 0.655. The molecule has 1 aromatic heterocycles. The first-order chi connectivity index (χ1) is 8.74. The monoisotopic (exact) mass is 263 g/mol. The minimum Gasteiger partial charge on any atom is -0.332 e. The molecule has 18 heavy (non-hydrogen) atoms. The van der Waals surface area contributed by atoms with E-state index in [-0.39, 0.29) is 0 Å². The summed E-state index contributed by atoms with van der Waals surface area (Å²) in [6.07, 6.45) is 3.60. The van der Waals surface area contributed by atoms with Gasteiger partial charge >= 0.3 is 0 Å². The van der Waals surface area contributed by atoms with Crippen LogP contribution in [0, 0.1) is 0 Å². The maximum Gasteiger partial charge on any atom is 0.113 e. The predicted octanol–water partition coefficient (Wildman–Crippen LogP) is 2.65. The Hall–Kier alpha value is -1.32. The van der Waals surface area contributed by atoms with Gasteiger partial charge in [-0.15, -0.1) is 0 Å². The highest BCUT2D eigenvalue weighted by atomic mass is 35.5. The van der Waals surface area contributed by atoms with Crippen molar-refractivity contribution < 1.29 is 0 Å². The molecule has 0 amide bonds. The van der Waals surface area contributed by atoms with Gasteiger partial charge in [-0.1, -0.05) is 23.7 Å². The van der Waals surface area contributed by atoms with Crippen LogP contribution in [-0.4, -0.2) is 16.1 Å². The van der Waals surface area contributed by atoms with E-state index < -0.39 is 0 Å². The Balaban J connectivity index is 2.23. The van der Waals surface area contributed by atoms with Gasteiger partial charge in [-0.3, -0.25) is 0 Å². The molecule has 4 heteroatoms. The van der Waals surface area contributed by atoms with Crippen LogP contribution in [0.2, 0.25) is 5.02 Å². The van der Waals surface area contributed by atoms with Gasteiger partial charge in [0.15, 0.2) is 0 Å². The highest BCUT2D eigenvalue weighted by Gasteiger charge is 2.08. The lowest BCUT2D eigenvalue weighted by molar-refractivity contribution is 0.671. The van der Waals surface area contributed by atoms with Crippen LogP contribution in [0.5, 0.6) is 0 Å². The highest BCUT2D eigenvalue weighted by molar-refractivity contribution is 6.30. The summed E-state index contributed by atoms with van der Waals surface area (Å²) in [5, 5.41) is 0.768. The molecule has 1 aromatic carbocycles. The molecule has 0 aliphatic heterocycles. The third-order valence-corrected chi connectivity index (χ3v) is 3.22. The number of hydrogen-bond donors (Lipinski definition) is 1. The SMILES string of the molecule is CCn1c(CCN)cnc1Cc1cccc(Cl)c1. The van der Waals surface area contributed by atoms with E-state index in [1.54, 1.807) is 0 Å². The highest BCUT2D eigenvalue weighted by Crippen LogP contribution is 2.15. The largest absolute Gasteiger partial charge is 0.332 e. The van der Waals surface area contributed by atoms with Crippen molar-refractivity contribution in [1.82, 2.24) is 9.55 Å². The number of benzene rings is 1. The molecule has 0 spiro atoms. The Morgan fingerprint density at radius 1 is 1.39 bits per heavy atom. The van der Waals surface area contributed by atoms with Crippen LogP contribution in [0.25, 0.3) is 0 Å². The molecule has 0 saturated heterocycles. The zero-order chi connectivity index (χ0) is 13.0. The van der Waals surface area contributed by atoms with Gasteiger partial charge in [0.1, 0.15) is 5.82 Å². The maximum atomic E-state index is 6.00. The van der Waals surface area contributed by atoms with Crippen LogP contribution in [0.1, 0.15) is 24.0 Å². The molecule has 96 valence electrons. The van der Waals surface area contributed by atoms with E-state index >= 15 is 0 Å². The Labute approximate surface area is 113 Å². The molecule has 0 saturated carbocycles. The fourth-order valence-electron chi connectivity index (χ4n) is 2.16. The van der Waals surface area contributed by atoms with E-state index in [1.165, 1.54) is 11.3 Å². The third-order valence-electron chi connectivity index (χ3n) is 2.99. The Bertz CT molecular complexity index is 520. The average molecular weight is 264 g/mol. The van der Waals surface area contributed by atoms with Crippen molar-refractivity contribution in [1.29, 1.82) is 0 Å². The van der Waals surface area contributed by atoms with Crippen molar-refractivity contribution in [2.75, 3.05) is 6.54 Å². The van der Waals surface area contributed by atoms with Gasteiger partial charge in [-0.2, -0.15) is 0 Å². The van der Waals surface area contributed by atoms with E-state index in [1.807, 2.05) is 24.4 Å². The van der Waals surface area contributed by atoms with Crippen molar-refractivity contribution >= 4 is 11.6 Å². The number of aromatic nitrogens is 2. The first-order valence-corrected chi connectivity index (χ1v) is 6.60. The molecule has 2 aromatic rings. The van der Waals surface area contributed by atoms with Crippen molar-refractivity contribution in [2.24, 2.45) is 5.73 Å². The molecule has 0 fully saturated rings. The summed E-state index contributed by atoms with van der Waals surface area (Å²) in [7, 11) is 0. The van der Waals surface area contributed by atoms with Crippen molar-refractivity contribution in [2.45, 2.75) is 26.3 Å². The Kier molecular flexibility index (Phi) is 4.39. The average Bonchev–Trinajstić information content (AvgIpc) is 2.72. The van der Waals surface area contributed by atoms with Crippen LogP contribution < -0.4 is 5.73 Å². The smallest absolute Gasteiger partial charge is 0.113 e. The van der Waals surface area contributed by atoms with E-state index in [0.717, 1.165) is 30.2 Å². The maximum absolute atomic E-state index is 6.00. The molecule has 2 rings (SSSR count). The summed E-state index contributed by atoms with van der Waals surface area (Å²) in [5.41, 5.74) is 8.00. The first kappa shape index (κ1) is 13.1. The van der Waals surface area contributed by atoms with Crippen LogP contribution in [0.15, 0.2) is 30.5 Å². The number of nitrogens with zero attached hydrogens (tertiary/aromatic N) is 2. The molecule has 2 N–H and O–H groups in total. The topological polar surface area (TPSA) is 43.8 Å². The molecule has 0 radical (unpaired) electrons. The summed E-state index contributed by atoms with van der Waals surface area (Å²) < 4.78 is 2.23. The number of hydrogen-bond acceptors (Lipinski definition) is 2. The van der Waals surface area contributed by atoms with Gasteiger partial charge in [-0.25, -0.2) is 4.98 Å². The van der Waals surface area contributed by atoms with Gasteiger partial charge in [0.2, 0.25) is 0 Å². The molecule has 0 unspecified atom stereocenters. The van der Waals surface area contributed by atoms with E-state index in [4.69, 9.17) is 17.3 Å². The van der Waals surface area contributed by atoms with Gasteiger partial charge in [0, 0.05) is 36.3 Å². The standard InChI is InChI=1S/C14H18ClN3/c1-2-18-13(6-7-16)10-17-14(18)9-11-4-3-5-12(15)8-11/h3-5,8,10H,2,6-7,9,16H2,1H3. The van der Waals surface area contributed by atoms with E-state index in [2.05, 4.69) is 22.5 Å². The molecule has 0 atom stereocenters. The molecule has 0 aliphatic carbocycles. The second kappa shape index (κ2) is 6.03. The zero-order valence-corrected chi connectivity index (χ0v) is 11.3. The van der Waals surface area contributed by atoms with Crippen LogP contribution >= 0.6 is 11.6 Å². The van der Waals surface area contributed by atoms with Gasteiger partial charge < -0.3 is 10.3 Å². The molecule has 0 bridgehead atoms. The molecule has 0 aliphatic rings. The van der Waals surface area contributed by atoms with Crippen LogP contribution in [0.4, 0.5) is 0 Å². The fourth-order valence-corrected chi connectivity index (χ4v) is 2.37. The zero-order valence-electron chi connectivity index (χ0n) is 10.6. The lowest BCUT2D eigenvalue weighted by atomic mass is 10.1. The summed E-state index contributed by atoms with van der Waals surface area (Å²) in [6.45, 7) is 3.71.